The third kappa shape index (κ3) is 3.26. The molecule has 4 rings (SSSR count). The number of amides is 1. The van der Waals surface area contributed by atoms with Crippen molar-refractivity contribution >= 4 is 22.7 Å². The van der Waals surface area contributed by atoms with Crippen molar-refractivity contribution in [2.75, 3.05) is 25.5 Å². The van der Waals surface area contributed by atoms with Crippen LogP contribution in [0.1, 0.15) is 0 Å². The predicted octanol–water partition coefficient (Wildman–Crippen LogP) is 3.43. The number of alkyl carbamates (subject to hydrolysis) is 1. The zero-order valence-electron chi connectivity index (χ0n) is 14.4. The van der Waals surface area contributed by atoms with Crippen molar-refractivity contribution in [3.8, 4) is 17.0 Å². The van der Waals surface area contributed by atoms with Gasteiger partial charge in [-0.25, -0.2) is 9.78 Å². The number of aromatic nitrogens is 1. The predicted molar refractivity (Wildman–Crippen MR) is 100 cm³/mol. The molecule has 0 saturated carbocycles. The number of fused-ring (bicyclic) bond motifs is 1. The van der Waals surface area contributed by atoms with Gasteiger partial charge in [-0.05, 0) is 36.4 Å². The van der Waals surface area contributed by atoms with E-state index in [1.54, 1.807) is 7.11 Å². The van der Waals surface area contributed by atoms with Crippen LogP contribution in [0.15, 0.2) is 54.6 Å². The lowest BCUT2D eigenvalue weighted by molar-refractivity contribution is 0.145. The summed E-state index contributed by atoms with van der Waals surface area (Å²) < 4.78 is 10.4. The Morgan fingerprint density at radius 3 is 2.77 bits per heavy atom. The number of nitrogens with one attached hydrogen (secondary N) is 2. The molecule has 0 aliphatic carbocycles. The second kappa shape index (κ2) is 6.92. The van der Waals surface area contributed by atoms with E-state index in [9.17, 15) is 4.79 Å². The first kappa shape index (κ1) is 16.2. The number of anilines is 1. The summed E-state index contributed by atoms with van der Waals surface area (Å²) in [5.41, 5.74) is 3.75. The van der Waals surface area contributed by atoms with Gasteiger partial charge in [-0.1, -0.05) is 18.2 Å². The lowest BCUT2D eigenvalue weighted by atomic mass is 10.1. The Hall–Kier alpha value is -3.28. The van der Waals surface area contributed by atoms with Crippen LogP contribution in [0.2, 0.25) is 0 Å². The van der Waals surface area contributed by atoms with Gasteiger partial charge in [0, 0.05) is 16.6 Å². The number of benzene rings is 2. The van der Waals surface area contributed by atoms with Gasteiger partial charge in [0.1, 0.15) is 11.9 Å². The normalized spacial score (nSPS) is 16.2. The van der Waals surface area contributed by atoms with Gasteiger partial charge in [-0.2, -0.15) is 0 Å². The van der Waals surface area contributed by atoms with Gasteiger partial charge in [0.25, 0.3) is 0 Å². The number of hydrogen-bond donors (Lipinski definition) is 2. The number of hydrogen-bond acceptors (Lipinski definition) is 5. The molecule has 6 nitrogen and oxygen atoms in total. The Labute approximate surface area is 151 Å². The van der Waals surface area contributed by atoms with E-state index in [1.165, 1.54) is 0 Å². The molecule has 2 N–H and O–H groups in total. The summed E-state index contributed by atoms with van der Waals surface area (Å²) in [6, 6.07) is 17.8. The van der Waals surface area contributed by atoms with Gasteiger partial charge in [-0.3, -0.25) is 0 Å². The van der Waals surface area contributed by atoms with Gasteiger partial charge in [0.15, 0.2) is 0 Å². The number of ether oxygens (including phenoxy) is 2. The summed E-state index contributed by atoms with van der Waals surface area (Å²) in [6.07, 6.45) is -0.547. The van der Waals surface area contributed by atoms with Crippen LogP contribution < -0.4 is 15.4 Å². The summed E-state index contributed by atoms with van der Waals surface area (Å²) in [4.78, 5) is 16.0. The standard InChI is InChI=1S/C20H19N3O3/c1-25-14-8-6-13(7-9-14)18-10-19(16-4-2-3-5-17(16)23-18)21-11-15-12-22-20(24)26-15/h2-10,15H,11-12H2,1H3,(H,21,23)(H,22,24)/t15-/m0/s1. The van der Waals surface area contributed by atoms with Crippen molar-refractivity contribution in [1.29, 1.82) is 0 Å². The van der Waals surface area contributed by atoms with E-state index < -0.39 is 0 Å². The van der Waals surface area contributed by atoms with E-state index >= 15 is 0 Å². The highest BCUT2D eigenvalue weighted by molar-refractivity contribution is 5.93. The van der Waals surface area contributed by atoms with Gasteiger partial charge in [0.05, 0.1) is 31.4 Å². The first-order chi connectivity index (χ1) is 12.7. The van der Waals surface area contributed by atoms with E-state index in [2.05, 4.69) is 10.6 Å². The minimum Gasteiger partial charge on any atom is -0.497 e. The largest absolute Gasteiger partial charge is 0.497 e. The van der Waals surface area contributed by atoms with Crippen LogP contribution in [-0.4, -0.2) is 37.4 Å². The average molecular weight is 349 g/mol. The molecule has 1 aromatic heterocycles. The molecule has 1 atom stereocenters. The lowest BCUT2D eigenvalue weighted by Gasteiger charge is -2.14. The summed E-state index contributed by atoms with van der Waals surface area (Å²) in [5.74, 6) is 0.809. The van der Waals surface area contributed by atoms with Gasteiger partial charge >= 0.3 is 6.09 Å². The third-order valence-electron chi connectivity index (χ3n) is 4.37. The fourth-order valence-corrected chi connectivity index (χ4v) is 3.00. The van der Waals surface area contributed by atoms with Crippen LogP contribution in [0.5, 0.6) is 5.75 Å². The topological polar surface area (TPSA) is 72.5 Å². The van der Waals surface area contributed by atoms with E-state index in [4.69, 9.17) is 14.5 Å². The van der Waals surface area contributed by atoms with Crippen molar-refractivity contribution in [2.24, 2.45) is 0 Å². The van der Waals surface area contributed by atoms with E-state index in [1.807, 2.05) is 54.6 Å². The molecule has 1 saturated heterocycles. The molecule has 0 unspecified atom stereocenters. The first-order valence-electron chi connectivity index (χ1n) is 8.45. The fraction of sp³-hybridized carbons (Fsp3) is 0.200. The molecule has 0 bridgehead atoms. The molecule has 1 aliphatic rings. The minimum atomic E-state index is -0.365. The Morgan fingerprint density at radius 2 is 2.04 bits per heavy atom. The number of nitrogens with zero attached hydrogens (tertiary/aromatic N) is 1. The molecule has 0 radical (unpaired) electrons. The maximum atomic E-state index is 11.2. The molecule has 132 valence electrons. The van der Waals surface area contributed by atoms with Crippen LogP contribution in [0.4, 0.5) is 10.5 Å². The first-order valence-corrected chi connectivity index (χ1v) is 8.45. The second-order valence-electron chi connectivity index (χ2n) is 6.09. The smallest absolute Gasteiger partial charge is 0.407 e. The zero-order chi connectivity index (χ0) is 17.9. The Kier molecular flexibility index (Phi) is 4.31. The van der Waals surface area contributed by atoms with Crippen LogP contribution in [0.3, 0.4) is 0 Å². The van der Waals surface area contributed by atoms with Gasteiger partial charge < -0.3 is 20.1 Å². The summed E-state index contributed by atoms with van der Waals surface area (Å²) in [5, 5.41) is 7.10. The number of cyclic esters (lactones) is 1. The fourth-order valence-electron chi connectivity index (χ4n) is 3.00. The van der Waals surface area contributed by atoms with Crippen molar-refractivity contribution in [1.82, 2.24) is 10.3 Å². The van der Waals surface area contributed by atoms with E-state index in [0.717, 1.165) is 33.6 Å². The van der Waals surface area contributed by atoms with Crippen molar-refractivity contribution in [2.45, 2.75) is 6.10 Å². The maximum Gasteiger partial charge on any atom is 0.407 e. The van der Waals surface area contributed by atoms with Crippen LogP contribution in [-0.2, 0) is 4.74 Å². The molecule has 6 heteroatoms. The number of methoxy groups -OCH3 is 1. The summed E-state index contributed by atoms with van der Waals surface area (Å²) in [6.45, 7) is 1.05. The molecule has 2 heterocycles. The number of pyridine rings is 1. The molecule has 1 aliphatic heterocycles. The second-order valence-corrected chi connectivity index (χ2v) is 6.09. The van der Waals surface area contributed by atoms with Crippen LogP contribution >= 0.6 is 0 Å². The Bertz CT molecular complexity index is 941. The van der Waals surface area contributed by atoms with Gasteiger partial charge in [-0.15, -0.1) is 0 Å². The third-order valence-corrected chi connectivity index (χ3v) is 4.37. The highest BCUT2D eigenvalue weighted by atomic mass is 16.6. The van der Waals surface area contributed by atoms with Crippen molar-refractivity contribution in [3.63, 3.8) is 0 Å². The summed E-state index contributed by atoms with van der Waals surface area (Å²) in [7, 11) is 1.65. The zero-order valence-corrected chi connectivity index (χ0v) is 14.4. The Balaban J connectivity index is 1.67. The van der Waals surface area contributed by atoms with Crippen LogP contribution in [0.25, 0.3) is 22.2 Å². The lowest BCUT2D eigenvalue weighted by Crippen LogP contribution is -2.23. The quantitative estimate of drug-likeness (QED) is 0.738. The molecule has 26 heavy (non-hydrogen) atoms. The molecular formula is C20H19N3O3. The van der Waals surface area contributed by atoms with Crippen molar-refractivity contribution < 1.29 is 14.3 Å². The molecule has 3 aromatic rings. The van der Waals surface area contributed by atoms with Gasteiger partial charge in [0.2, 0.25) is 0 Å². The van der Waals surface area contributed by atoms with E-state index in [-0.39, 0.29) is 12.2 Å². The molecule has 1 amide bonds. The number of carbonyl (C=O) groups excluding carboxylic acids is 1. The molecule has 2 aromatic carbocycles. The highest BCUT2D eigenvalue weighted by Crippen LogP contribution is 2.29. The molecular weight excluding hydrogens is 330 g/mol. The number of para-hydroxylation sites is 1. The SMILES string of the molecule is COc1ccc(-c2cc(NC[C@H]3CNC(=O)O3)c3ccccc3n2)cc1. The van der Waals surface area contributed by atoms with E-state index in [0.29, 0.717) is 13.1 Å². The number of rotatable bonds is 5. The summed E-state index contributed by atoms with van der Waals surface area (Å²) >= 11 is 0. The van der Waals surface area contributed by atoms with Crippen molar-refractivity contribution in [3.05, 3.63) is 54.6 Å². The maximum absolute atomic E-state index is 11.2. The number of carbonyl (C=O) groups is 1. The molecule has 0 spiro atoms. The minimum absolute atomic E-state index is 0.182. The monoisotopic (exact) mass is 349 g/mol. The average Bonchev–Trinajstić information content (AvgIpc) is 3.11. The van der Waals surface area contributed by atoms with Crippen LogP contribution in [0, 0.1) is 0 Å². The highest BCUT2D eigenvalue weighted by Gasteiger charge is 2.22. The Morgan fingerprint density at radius 1 is 1.23 bits per heavy atom. The molecule has 1 fully saturated rings.